The standard InChI is InChI=1S/C26H25NO3.C4H8O/c1-18-7-4-9-21(13-18)26-27-23(17-30-26)16-29-25-12-6-11-24(14-25)28-15-22-10-5-8-19(2)20(22)3;1-4(2)3-5/h4-14,17H,15-16H2,1-3H3;3-4H,1-2H3. The van der Waals surface area contributed by atoms with E-state index in [9.17, 15) is 4.79 Å². The van der Waals surface area contributed by atoms with Crippen molar-refractivity contribution < 1.29 is 18.7 Å². The molecule has 3 aromatic carbocycles. The molecule has 0 aliphatic carbocycles. The Kier molecular flexibility index (Phi) is 9.24. The molecule has 0 bridgehead atoms. The van der Waals surface area contributed by atoms with Crippen LogP contribution >= 0.6 is 0 Å². The van der Waals surface area contributed by atoms with E-state index in [1.54, 1.807) is 6.26 Å². The number of rotatable bonds is 8. The molecule has 35 heavy (non-hydrogen) atoms. The number of aldehydes is 1. The lowest BCUT2D eigenvalue weighted by Crippen LogP contribution is -2.00. The number of nitrogens with zero attached hydrogens (tertiary/aromatic N) is 1. The van der Waals surface area contributed by atoms with Crippen LogP contribution in [0.2, 0.25) is 0 Å². The monoisotopic (exact) mass is 471 g/mol. The summed E-state index contributed by atoms with van der Waals surface area (Å²) >= 11 is 0. The summed E-state index contributed by atoms with van der Waals surface area (Å²) in [4.78, 5) is 14.0. The van der Waals surface area contributed by atoms with Crippen molar-refractivity contribution in [2.75, 3.05) is 0 Å². The number of carbonyl (C=O) groups is 1. The number of carbonyl (C=O) groups excluding carboxylic acids is 1. The fourth-order valence-corrected chi connectivity index (χ4v) is 3.22. The van der Waals surface area contributed by atoms with Crippen LogP contribution in [0.1, 0.15) is 41.8 Å². The Morgan fingerprint density at radius 3 is 2.23 bits per heavy atom. The maximum Gasteiger partial charge on any atom is 0.226 e. The maximum atomic E-state index is 9.50. The van der Waals surface area contributed by atoms with E-state index in [2.05, 4.69) is 37.0 Å². The fraction of sp³-hybridized carbons (Fsp3) is 0.267. The van der Waals surface area contributed by atoms with E-state index < -0.39 is 0 Å². The Bertz CT molecular complexity index is 1240. The summed E-state index contributed by atoms with van der Waals surface area (Å²) in [5.74, 6) is 2.31. The molecule has 0 aliphatic heterocycles. The van der Waals surface area contributed by atoms with Crippen molar-refractivity contribution in [1.29, 1.82) is 0 Å². The fourth-order valence-electron chi connectivity index (χ4n) is 3.22. The molecule has 1 aromatic heterocycles. The topological polar surface area (TPSA) is 61.6 Å². The van der Waals surface area contributed by atoms with Crippen molar-refractivity contribution in [3.05, 3.63) is 101 Å². The highest BCUT2D eigenvalue weighted by molar-refractivity contribution is 5.54. The highest BCUT2D eigenvalue weighted by Crippen LogP contribution is 2.24. The summed E-state index contributed by atoms with van der Waals surface area (Å²) in [5.41, 5.74) is 6.59. The van der Waals surface area contributed by atoms with Crippen LogP contribution in [0.4, 0.5) is 0 Å². The molecule has 5 nitrogen and oxygen atoms in total. The zero-order chi connectivity index (χ0) is 25.2. The van der Waals surface area contributed by atoms with Crippen LogP contribution in [0, 0.1) is 26.7 Å². The van der Waals surface area contributed by atoms with E-state index in [0.29, 0.717) is 19.1 Å². The molecular formula is C30H33NO4. The summed E-state index contributed by atoms with van der Waals surface area (Å²) in [7, 11) is 0. The molecule has 0 unspecified atom stereocenters. The van der Waals surface area contributed by atoms with Crippen molar-refractivity contribution in [2.45, 2.75) is 47.8 Å². The number of aromatic nitrogens is 1. The molecular weight excluding hydrogens is 438 g/mol. The molecule has 0 saturated carbocycles. The molecule has 0 amide bonds. The van der Waals surface area contributed by atoms with Gasteiger partial charge in [-0.15, -0.1) is 0 Å². The SMILES string of the molecule is CC(C)C=O.Cc1cccc(-c2nc(COc3cccc(OCc4cccc(C)c4C)c3)co2)c1. The first-order valence-corrected chi connectivity index (χ1v) is 11.7. The third-order valence-electron chi connectivity index (χ3n) is 5.39. The van der Waals surface area contributed by atoms with Gasteiger partial charge in [-0.2, -0.15) is 0 Å². The van der Waals surface area contributed by atoms with Gasteiger partial charge in [-0.3, -0.25) is 0 Å². The van der Waals surface area contributed by atoms with Gasteiger partial charge in [-0.05, 0) is 61.7 Å². The molecule has 182 valence electrons. The Labute approximate surface area is 207 Å². The van der Waals surface area contributed by atoms with Gasteiger partial charge >= 0.3 is 0 Å². The van der Waals surface area contributed by atoms with E-state index in [-0.39, 0.29) is 5.92 Å². The third-order valence-corrected chi connectivity index (χ3v) is 5.39. The van der Waals surface area contributed by atoms with Crippen molar-refractivity contribution in [1.82, 2.24) is 4.98 Å². The summed E-state index contributed by atoms with van der Waals surface area (Å²) in [6.45, 7) is 10.8. The maximum absolute atomic E-state index is 9.50. The second-order valence-electron chi connectivity index (χ2n) is 8.80. The van der Waals surface area contributed by atoms with Crippen molar-refractivity contribution in [3.8, 4) is 23.0 Å². The number of aryl methyl sites for hydroxylation is 2. The molecule has 1 heterocycles. The van der Waals surface area contributed by atoms with E-state index in [1.165, 1.54) is 22.3 Å². The molecule has 0 N–H and O–H groups in total. The van der Waals surface area contributed by atoms with Crippen LogP contribution in [0.25, 0.3) is 11.5 Å². The Morgan fingerprint density at radius 2 is 1.54 bits per heavy atom. The van der Waals surface area contributed by atoms with Crippen molar-refractivity contribution >= 4 is 6.29 Å². The van der Waals surface area contributed by atoms with Crippen LogP contribution in [-0.4, -0.2) is 11.3 Å². The molecule has 0 fully saturated rings. The van der Waals surface area contributed by atoms with Gasteiger partial charge in [0.15, 0.2) is 0 Å². The minimum Gasteiger partial charge on any atom is -0.489 e. The Hall–Kier alpha value is -3.86. The first kappa shape index (κ1) is 25.8. The van der Waals surface area contributed by atoms with Crippen LogP contribution in [0.15, 0.2) is 77.4 Å². The average Bonchev–Trinajstić information content (AvgIpc) is 3.33. The van der Waals surface area contributed by atoms with E-state index in [4.69, 9.17) is 13.9 Å². The van der Waals surface area contributed by atoms with Gasteiger partial charge in [-0.1, -0.05) is 55.8 Å². The van der Waals surface area contributed by atoms with E-state index >= 15 is 0 Å². The molecule has 0 spiro atoms. The van der Waals surface area contributed by atoms with Crippen LogP contribution in [0.3, 0.4) is 0 Å². The number of hydrogen-bond donors (Lipinski definition) is 0. The van der Waals surface area contributed by atoms with E-state index in [1.807, 2.05) is 69.3 Å². The van der Waals surface area contributed by atoms with Gasteiger partial charge < -0.3 is 18.7 Å². The highest BCUT2D eigenvalue weighted by Gasteiger charge is 2.08. The van der Waals surface area contributed by atoms with E-state index in [0.717, 1.165) is 29.0 Å². The largest absolute Gasteiger partial charge is 0.489 e. The lowest BCUT2D eigenvalue weighted by Gasteiger charge is -2.11. The lowest BCUT2D eigenvalue weighted by molar-refractivity contribution is -0.110. The zero-order valence-electron chi connectivity index (χ0n) is 21.1. The molecule has 4 aromatic rings. The normalized spacial score (nSPS) is 10.5. The third kappa shape index (κ3) is 7.85. The highest BCUT2D eigenvalue weighted by atomic mass is 16.5. The number of hydrogen-bond acceptors (Lipinski definition) is 5. The second kappa shape index (κ2) is 12.6. The van der Waals surface area contributed by atoms with Crippen LogP contribution in [-0.2, 0) is 18.0 Å². The first-order valence-electron chi connectivity index (χ1n) is 11.7. The van der Waals surface area contributed by atoms with Crippen LogP contribution < -0.4 is 9.47 Å². The minimum atomic E-state index is 0.204. The predicted octanol–water partition coefficient (Wildman–Crippen LogP) is 7.27. The number of oxazole rings is 1. The summed E-state index contributed by atoms with van der Waals surface area (Å²) in [6.07, 6.45) is 2.55. The zero-order valence-corrected chi connectivity index (χ0v) is 21.1. The molecule has 0 aliphatic rings. The first-order chi connectivity index (χ1) is 16.9. The smallest absolute Gasteiger partial charge is 0.226 e. The Balaban J connectivity index is 0.000000623. The van der Waals surface area contributed by atoms with Gasteiger partial charge in [0.05, 0.1) is 0 Å². The van der Waals surface area contributed by atoms with Gasteiger partial charge in [-0.25, -0.2) is 4.98 Å². The number of benzene rings is 3. The molecule has 4 rings (SSSR count). The molecule has 0 saturated heterocycles. The Morgan fingerprint density at radius 1 is 0.886 bits per heavy atom. The van der Waals surface area contributed by atoms with Crippen molar-refractivity contribution in [2.24, 2.45) is 5.92 Å². The summed E-state index contributed by atoms with van der Waals surface area (Å²) in [5, 5.41) is 0. The number of ether oxygens (including phenoxy) is 2. The predicted molar refractivity (Wildman–Crippen MR) is 139 cm³/mol. The van der Waals surface area contributed by atoms with Crippen molar-refractivity contribution in [3.63, 3.8) is 0 Å². The quantitative estimate of drug-likeness (QED) is 0.253. The average molecular weight is 472 g/mol. The summed E-state index contributed by atoms with van der Waals surface area (Å²) < 4.78 is 17.5. The lowest BCUT2D eigenvalue weighted by atomic mass is 10.0. The summed E-state index contributed by atoms with van der Waals surface area (Å²) in [6, 6.07) is 22.0. The van der Waals surface area contributed by atoms with Gasteiger partial charge in [0, 0.05) is 17.5 Å². The van der Waals surface area contributed by atoms with Gasteiger partial charge in [0.1, 0.15) is 43.0 Å². The molecule has 0 atom stereocenters. The second-order valence-corrected chi connectivity index (χ2v) is 8.80. The molecule has 5 heteroatoms. The minimum absolute atomic E-state index is 0.204. The van der Waals surface area contributed by atoms with Crippen LogP contribution in [0.5, 0.6) is 11.5 Å². The van der Waals surface area contributed by atoms with Gasteiger partial charge in [0.25, 0.3) is 0 Å². The van der Waals surface area contributed by atoms with Gasteiger partial charge in [0.2, 0.25) is 5.89 Å². The molecule has 0 radical (unpaired) electrons.